The second kappa shape index (κ2) is 5.89. The smallest absolute Gasteiger partial charge is 0.143 e. The molecule has 0 unspecified atom stereocenters. The van der Waals surface area contributed by atoms with Crippen molar-refractivity contribution < 1.29 is 0 Å². The minimum Gasteiger partial charge on any atom is -0.308 e. The Kier molecular flexibility index (Phi) is 4.23. The van der Waals surface area contributed by atoms with E-state index in [0.717, 1.165) is 17.1 Å². The summed E-state index contributed by atoms with van der Waals surface area (Å²) >= 11 is 1.80. The van der Waals surface area contributed by atoms with Gasteiger partial charge in [0.15, 0.2) is 0 Å². The van der Waals surface area contributed by atoms with Crippen molar-refractivity contribution in [3.63, 3.8) is 0 Å². The highest BCUT2D eigenvalue weighted by Crippen LogP contribution is 2.28. The number of thioether (sulfide) groups is 1. The first-order valence-electron chi connectivity index (χ1n) is 5.81. The Morgan fingerprint density at radius 3 is 2.83 bits per heavy atom. The maximum Gasteiger partial charge on any atom is 0.143 e. The second-order valence-corrected chi connectivity index (χ2v) is 5.23. The van der Waals surface area contributed by atoms with Crippen molar-refractivity contribution in [2.75, 3.05) is 5.43 Å². The fraction of sp³-hybridized carbons (Fsp3) is 0.214. The van der Waals surface area contributed by atoms with Crippen molar-refractivity contribution in [3.05, 3.63) is 53.2 Å². The summed E-state index contributed by atoms with van der Waals surface area (Å²) in [6, 6.07) is 10.5. The van der Waals surface area contributed by atoms with Gasteiger partial charge in [0.25, 0.3) is 0 Å². The van der Waals surface area contributed by atoms with Gasteiger partial charge in [-0.25, -0.2) is 10.8 Å². The number of aryl methyl sites for hydroxylation is 2. The van der Waals surface area contributed by atoms with E-state index in [0.29, 0.717) is 0 Å². The van der Waals surface area contributed by atoms with Gasteiger partial charge in [0.1, 0.15) is 5.82 Å². The number of nitrogens with zero attached hydrogens (tertiary/aromatic N) is 1. The highest BCUT2D eigenvalue weighted by atomic mass is 32.2. The van der Waals surface area contributed by atoms with E-state index in [2.05, 4.69) is 42.5 Å². The van der Waals surface area contributed by atoms with Crippen molar-refractivity contribution in [1.29, 1.82) is 0 Å². The third kappa shape index (κ3) is 3.03. The predicted molar refractivity (Wildman–Crippen MR) is 77.5 cm³/mol. The minimum atomic E-state index is 0.745. The Morgan fingerprint density at radius 2 is 2.11 bits per heavy atom. The molecule has 2 rings (SSSR count). The van der Waals surface area contributed by atoms with Gasteiger partial charge in [-0.15, -0.1) is 11.8 Å². The highest BCUT2D eigenvalue weighted by molar-refractivity contribution is 7.98. The Bertz CT molecular complexity index is 540. The quantitative estimate of drug-likeness (QED) is 0.502. The molecule has 1 aromatic heterocycles. The Morgan fingerprint density at radius 1 is 1.28 bits per heavy atom. The van der Waals surface area contributed by atoms with Crippen molar-refractivity contribution >= 4 is 17.6 Å². The molecule has 1 aromatic carbocycles. The largest absolute Gasteiger partial charge is 0.308 e. The second-order valence-electron chi connectivity index (χ2n) is 4.21. The number of pyridine rings is 1. The average molecular weight is 259 g/mol. The van der Waals surface area contributed by atoms with Crippen LogP contribution in [0.2, 0.25) is 0 Å². The van der Waals surface area contributed by atoms with E-state index < -0.39 is 0 Å². The van der Waals surface area contributed by atoms with Crippen LogP contribution >= 0.6 is 11.8 Å². The van der Waals surface area contributed by atoms with Gasteiger partial charge in [-0.2, -0.15) is 0 Å². The fourth-order valence-corrected chi connectivity index (χ4v) is 2.80. The van der Waals surface area contributed by atoms with Gasteiger partial charge in [0, 0.05) is 22.4 Å². The van der Waals surface area contributed by atoms with Crippen LogP contribution in [-0.4, -0.2) is 4.98 Å². The number of anilines is 1. The van der Waals surface area contributed by atoms with Gasteiger partial charge in [0.2, 0.25) is 0 Å². The Balaban J connectivity index is 2.11. The topological polar surface area (TPSA) is 50.9 Å². The van der Waals surface area contributed by atoms with E-state index >= 15 is 0 Å². The normalized spacial score (nSPS) is 10.4. The minimum absolute atomic E-state index is 0.745. The molecule has 0 radical (unpaired) electrons. The number of hydrogen-bond acceptors (Lipinski definition) is 4. The van der Waals surface area contributed by atoms with Crippen LogP contribution in [0.5, 0.6) is 0 Å². The van der Waals surface area contributed by atoms with Crippen LogP contribution in [0.4, 0.5) is 5.82 Å². The maximum atomic E-state index is 5.45. The molecule has 2 aromatic rings. The van der Waals surface area contributed by atoms with Crippen molar-refractivity contribution in [3.8, 4) is 0 Å². The molecule has 0 fully saturated rings. The average Bonchev–Trinajstić information content (AvgIpc) is 2.38. The molecule has 0 bridgehead atoms. The van der Waals surface area contributed by atoms with E-state index in [-0.39, 0.29) is 0 Å². The lowest BCUT2D eigenvalue weighted by molar-refractivity contribution is 1.18. The number of nitrogen functional groups attached to an aromatic ring is 1. The molecule has 4 heteroatoms. The summed E-state index contributed by atoms with van der Waals surface area (Å²) < 4.78 is 0. The van der Waals surface area contributed by atoms with Gasteiger partial charge in [-0.05, 0) is 31.5 Å². The van der Waals surface area contributed by atoms with Crippen LogP contribution in [0.25, 0.3) is 0 Å². The number of benzene rings is 1. The molecule has 3 nitrogen and oxygen atoms in total. The molecular formula is C14H17N3S. The van der Waals surface area contributed by atoms with Crippen molar-refractivity contribution in [2.45, 2.75) is 24.5 Å². The van der Waals surface area contributed by atoms with Gasteiger partial charge >= 0.3 is 0 Å². The van der Waals surface area contributed by atoms with Gasteiger partial charge in [0.05, 0.1) is 0 Å². The summed E-state index contributed by atoms with van der Waals surface area (Å²) in [6.45, 7) is 4.25. The van der Waals surface area contributed by atoms with E-state index in [4.69, 9.17) is 5.84 Å². The molecular weight excluding hydrogens is 242 g/mol. The molecule has 0 saturated heterocycles. The highest BCUT2D eigenvalue weighted by Gasteiger charge is 2.04. The molecule has 0 atom stereocenters. The molecule has 0 aliphatic rings. The van der Waals surface area contributed by atoms with E-state index in [1.165, 1.54) is 16.0 Å². The summed E-state index contributed by atoms with van der Waals surface area (Å²) in [6.07, 6.45) is 1.74. The lowest BCUT2D eigenvalue weighted by Crippen LogP contribution is -2.10. The maximum absolute atomic E-state index is 5.45. The monoisotopic (exact) mass is 259 g/mol. The molecule has 18 heavy (non-hydrogen) atoms. The van der Waals surface area contributed by atoms with Crippen molar-refractivity contribution in [1.82, 2.24) is 4.98 Å². The summed E-state index contributed by atoms with van der Waals surface area (Å²) in [7, 11) is 0. The van der Waals surface area contributed by atoms with Crippen LogP contribution in [0.15, 0.2) is 41.4 Å². The molecule has 0 aliphatic heterocycles. The van der Waals surface area contributed by atoms with Crippen LogP contribution in [0.3, 0.4) is 0 Å². The third-order valence-corrected chi connectivity index (χ3v) is 3.97. The standard InChI is InChI=1S/C14H17N3S/c1-10-5-6-13(11(2)8-10)18-9-12-4-3-7-16-14(12)17-15/h3-8H,9,15H2,1-2H3,(H,16,17). The molecule has 0 saturated carbocycles. The van der Waals surface area contributed by atoms with Crippen LogP contribution in [-0.2, 0) is 5.75 Å². The number of aromatic nitrogens is 1. The summed E-state index contributed by atoms with van der Waals surface area (Å²) in [5.41, 5.74) is 6.35. The first kappa shape index (κ1) is 12.9. The van der Waals surface area contributed by atoms with Gasteiger partial charge in [-0.3, -0.25) is 0 Å². The summed E-state index contributed by atoms with van der Waals surface area (Å²) in [5, 5.41) is 0. The first-order chi connectivity index (χ1) is 8.70. The van der Waals surface area contributed by atoms with Crippen molar-refractivity contribution in [2.24, 2.45) is 5.84 Å². The predicted octanol–water partition coefficient (Wildman–Crippen LogP) is 3.28. The van der Waals surface area contributed by atoms with E-state index in [1.807, 2.05) is 12.1 Å². The SMILES string of the molecule is Cc1ccc(SCc2cccnc2NN)c(C)c1. The first-order valence-corrected chi connectivity index (χ1v) is 6.80. The molecule has 1 heterocycles. The lowest BCUT2D eigenvalue weighted by atomic mass is 10.2. The Hall–Kier alpha value is -1.52. The van der Waals surface area contributed by atoms with E-state index in [9.17, 15) is 0 Å². The fourth-order valence-electron chi connectivity index (χ4n) is 1.80. The zero-order valence-electron chi connectivity index (χ0n) is 10.6. The van der Waals surface area contributed by atoms with Gasteiger partial charge < -0.3 is 5.43 Å². The van der Waals surface area contributed by atoms with Gasteiger partial charge in [-0.1, -0.05) is 23.8 Å². The van der Waals surface area contributed by atoms with Crippen LogP contribution in [0, 0.1) is 13.8 Å². The third-order valence-electron chi connectivity index (χ3n) is 2.74. The number of nitrogens with one attached hydrogen (secondary N) is 1. The number of nitrogens with two attached hydrogens (primary N) is 1. The Labute approximate surface area is 112 Å². The molecule has 0 aliphatic carbocycles. The number of hydrogen-bond donors (Lipinski definition) is 2. The lowest BCUT2D eigenvalue weighted by Gasteiger charge is -2.09. The molecule has 0 spiro atoms. The molecule has 0 amide bonds. The van der Waals surface area contributed by atoms with Crippen LogP contribution in [0.1, 0.15) is 16.7 Å². The summed E-state index contributed by atoms with van der Waals surface area (Å²) in [5.74, 6) is 7.05. The number of rotatable bonds is 4. The summed E-state index contributed by atoms with van der Waals surface area (Å²) in [4.78, 5) is 5.50. The zero-order valence-corrected chi connectivity index (χ0v) is 11.4. The number of hydrazine groups is 1. The molecule has 94 valence electrons. The zero-order chi connectivity index (χ0) is 13.0. The molecule has 3 N–H and O–H groups in total. The van der Waals surface area contributed by atoms with E-state index in [1.54, 1.807) is 18.0 Å². The van der Waals surface area contributed by atoms with Crippen LogP contribution < -0.4 is 11.3 Å².